The fraction of sp³-hybridized carbons (Fsp3) is 0.217. The number of esters is 1. The van der Waals surface area contributed by atoms with Crippen LogP contribution in [-0.4, -0.2) is 18.0 Å². The Morgan fingerprint density at radius 3 is 2.48 bits per heavy atom. The molecule has 0 aliphatic heterocycles. The molecule has 0 saturated heterocycles. The first-order chi connectivity index (χ1) is 14.1. The standard InChI is InChI=1S/C23H24N2O4/c1-3-17-10-12-18(13-11-17)25-22(26)16(2)29-23(27)20-8-4-5-9-21(20)24-15-19-7-6-14-28-19/h4-14,16,24H,3,15H2,1-2H3,(H,25,26)/t16-/m0/s1. The summed E-state index contributed by atoms with van der Waals surface area (Å²) in [7, 11) is 0. The van der Waals surface area contributed by atoms with Crippen molar-refractivity contribution in [2.24, 2.45) is 0 Å². The second-order valence-electron chi connectivity index (χ2n) is 6.57. The number of para-hydroxylation sites is 1. The average Bonchev–Trinajstić information content (AvgIpc) is 3.26. The van der Waals surface area contributed by atoms with Crippen molar-refractivity contribution in [2.45, 2.75) is 32.9 Å². The van der Waals surface area contributed by atoms with Crippen LogP contribution in [0.3, 0.4) is 0 Å². The number of carbonyl (C=O) groups excluding carboxylic acids is 2. The molecule has 150 valence electrons. The second-order valence-corrected chi connectivity index (χ2v) is 6.57. The second kappa shape index (κ2) is 9.59. The molecular weight excluding hydrogens is 368 g/mol. The van der Waals surface area contributed by atoms with Crippen LogP contribution in [0.2, 0.25) is 0 Å². The van der Waals surface area contributed by atoms with Crippen molar-refractivity contribution in [3.8, 4) is 0 Å². The van der Waals surface area contributed by atoms with Crippen LogP contribution in [0.25, 0.3) is 0 Å². The Morgan fingerprint density at radius 2 is 1.79 bits per heavy atom. The van der Waals surface area contributed by atoms with Gasteiger partial charge in [0.25, 0.3) is 5.91 Å². The Kier molecular flexibility index (Phi) is 6.68. The van der Waals surface area contributed by atoms with Gasteiger partial charge >= 0.3 is 5.97 Å². The molecule has 2 aromatic carbocycles. The van der Waals surface area contributed by atoms with E-state index in [-0.39, 0.29) is 5.91 Å². The number of amides is 1. The van der Waals surface area contributed by atoms with Crippen LogP contribution in [0.15, 0.2) is 71.3 Å². The molecule has 0 aliphatic rings. The quantitative estimate of drug-likeness (QED) is 0.546. The van der Waals surface area contributed by atoms with Crippen molar-refractivity contribution in [1.82, 2.24) is 0 Å². The van der Waals surface area contributed by atoms with E-state index in [2.05, 4.69) is 17.6 Å². The van der Waals surface area contributed by atoms with E-state index in [9.17, 15) is 9.59 Å². The van der Waals surface area contributed by atoms with Crippen LogP contribution in [-0.2, 0) is 22.5 Å². The van der Waals surface area contributed by atoms with Gasteiger partial charge in [-0.3, -0.25) is 4.79 Å². The molecule has 6 heteroatoms. The van der Waals surface area contributed by atoms with Crippen molar-refractivity contribution in [2.75, 3.05) is 10.6 Å². The van der Waals surface area contributed by atoms with Gasteiger partial charge in [0, 0.05) is 11.4 Å². The van der Waals surface area contributed by atoms with Crippen molar-refractivity contribution in [3.05, 3.63) is 83.8 Å². The van der Waals surface area contributed by atoms with Crippen molar-refractivity contribution < 1.29 is 18.7 Å². The summed E-state index contributed by atoms with van der Waals surface area (Å²) in [6.07, 6.45) is 1.58. The lowest BCUT2D eigenvalue weighted by atomic mass is 10.1. The Hall–Kier alpha value is -3.54. The molecule has 0 unspecified atom stereocenters. The maximum absolute atomic E-state index is 12.6. The van der Waals surface area contributed by atoms with Gasteiger partial charge in [-0.05, 0) is 55.3 Å². The molecule has 0 bridgehead atoms. The molecule has 0 fully saturated rings. The van der Waals surface area contributed by atoms with Crippen molar-refractivity contribution in [3.63, 3.8) is 0 Å². The highest BCUT2D eigenvalue weighted by molar-refractivity contribution is 5.99. The molecule has 1 atom stereocenters. The van der Waals surface area contributed by atoms with Gasteiger partial charge in [-0.25, -0.2) is 4.79 Å². The molecule has 1 heterocycles. The number of furan rings is 1. The fourth-order valence-electron chi connectivity index (χ4n) is 2.76. The van der Waals surface area contributed by atoms with Gasteiger partial charge in [0.1, 0.15) is 5.76 Å². The number of aryl methyl sites for hydroxylation is 1. The predicted octanol–water partition coefficient (Wildman–Crippen LogP) is 4.64. The summed E-state index contributed by atoms with van der Waals surface area (Å²) in [4.78, 5) is 25.0. The van der Waals surface area contributed by atoms with Crippen LogP contribution in [0.5, 0.6) is 0 Å². The summed E-state index contributed by atoms with van der Waals surface area (Å²) in [5.41, 5.74) is 2.81. The monoisotopic (exact) mass is 392 g/mol. The third-order valence-electron chi connectivity index (χ3n) is 4.46. The highest BCUT2D eigenvalue weighted by atomic mass is 16.5. The van der Waals surface area contributed by atoms with Gasteiger partial charge in [-0.1, -0.05) is 31.2 Å². The zero-order valence-corrected chi connectivity index (χ0v) is 16.5. The SMILES string of the molecule is CCc1ccc(NC(=O)[C@H](C)OC(=O)c2ccccc2NCc2ccco2)cc1. The normalized spacial score (nSPS) is 11.5. The maximum Gasteiger partial charge on any atom is 0.341 e. The number of benzene rings is 2. The Bertz CT molecular complexity index is 949. The highest BCUT2D eigenvalue weighted by Gasteiger charge is 2.21. The maximum atomic E-state index is 12.6. The van der Waals surface area contributed by atoms with Crippen LogP contribution in [0.4, 0.5) is 11.4 Å². The summed E-state index contributed by atoms with van der Waals surface area (Å²) in [6.45, 7) is 4.05. The number of carbonyl (C=O) groups is 2. The zero-order chi connectivity index (χ0) is 20.6. The van der Waals surface area contributed by atoms with E-state index in [1.54, 1.807) is 37.5 Å². The van der Waals surface area contributed by atoms with E-state index in [4.69, 9.17) is 9.15 Å². The molecule has 29 heavy (non-hydrogen) atoms. The van der Waals surface area contributed by atoms with E-state index < -0.39 is 12.1 Å². The molecule has 0 saturated carbocycles. The Balaban J connectivity index is 1.60. The summed E-state index contributed by atoms with van der Waals surface area (Å²) >= 11 is 0. The highest BCUT2D eigenvalue weighted by Crippen LogP contribution is 2.19. The smallest absolute Gasteiger partial charge is 0.341 e. The third-order valence-corrected chi connectivity index (χ3v) is 4.46. The van der Waals surface area contributed by atoms with Gasteiger partial charge in [0.05, 0.1) is 18.4 Å². The minimum absolute atomic E-state index is 0.353. The first-order valence-electron chi connectivity index (χ1n) is 9.53. The summed E-state index contributed by atoms with van der Waals surface area (Å²) in [5, 5.41) is 5.92. The van der Waals surface area contributed by atoms with Gasteiger partial charge in [0.2, 0.25) is 0 Å². The lowest BCUT2D eigenvalue weighted by molar-refractivity contribution is -0.123. The molecular formula is C23H24N2O4. The van der Waals surface area contributed by atoms with Crippen molar-refractivity contribution in [1.29, 1.82) is 0 Å². The van der Waals surface area contributed by atoms with Crippen LogP contribution in [0, 0.1) is 0 Å². The van der Waals surface area contributed by atoms with Gasteiger partial charge in [-0.2, -0.15) is 0 Å². The summed E-state index contributed by atoms with van der Waals surface area (Å²) in [6, 6.07) is 18.2. The number of hydrogen-bond donors (Lipinski definition) is 2. The van der Waals surface area contributed by atoms with E-state index in [1.807, 2.05) is 36.4 Å². The molecule has 0 radical (unpaired) electrons. The lowest BCUT2D eigenvalue weighted by Crippen LogP contribution is -2.30. The molecule has 2 N–H and O–H groups in total. The predicted molar refractivity (Wildman–Crippen MR) is 112 cm³/mol. The molecule has 0 spiro atoms. The molecule has 3 rings (SSSR count). The average molecular weight is 392 g/mol. The fourth-order valence-corrected chi connectivity index (χ4v) is 2.76. The molecule has 1 aromatic heterocycles. The number of hydrogen-bond acceptors (Lipinski definition) is 5. The van der Waals surface area contributed by atoms with Crippen LogP contribution >= 0.6 is 0 Å². The number of rotatable bonds is 8. The van der Waals surface area contributed by atoms with E-state index >= 15 is 0 Å². The largest absolute Gasteiger partial charge is 0.467 e. The zero-order valence-electron chi connectivity index (χ0n) is 16.5. The summed E-state index contributed by atoms with van der Waals surface area (Å²) in [5.74, 6) is -0.213. The Morgan fingerprint density at radius 1 is 1.03 bits per heavy atom. The van der Waals surface area contributed by atoms with Crippen molar-refractivity contribution >= 4 is 23.3 Å². The number of ether oxygens (including phenoxy) is 1. The minimum atomic E-state index is -0.938. The minimum Gasteiger partial charge on any atom is -0.467 e. The van der Waals surface area contributed by atoms with Gasteiger partial charge < -0.3 is 19.8 Å². The topological polar surface area (TPSA) is 80.6 Å². The van der Waals surface area contributed by atoms with Crippen LogP contribution < -0.4 is 10.6 Å². The lowest BCUT2D eigenvalue weighted by Gasteiger charge is -2.15. The first kappa shape index (κ1) is 20.2. The number of anilines is 2. The first-order valence-corrected chi connectivity index (χ1v) is 9.53. The molecule has 0 aliphatic carbocycles. The molecule has 6 nitrogen and oxygen atoms in total. The summed E-state index contributed by atoms with van der Waals surface area (Å²) < 4.78 is 10.7. The Labute approximate surface area is 169 Å². The van der Waals surface area contributed by atoms with Crippen LogP contribution in [0.1, 0.15) is 35.5 Å². The van der Waals surface area contributed by atoms with E-state index in [0.717, 1.165) is 12.2 Å². The number of nitrogens with one attached hydrogen (secondary N) is 2. The van der Waals surface area contributed by atoms with Gasteiger partial charge in [0.15, 0.2) is 6.10 Å². The third kappa shape index (κ3) is 5.48. The van der Waals surface area contributed by atoms with E-state index in [1.165, 1.54) is 5.56 Å². The van der Waals surface area contributed by atoms with Gasteiger partial charge in [-0.15, -0.1) is 0 Å². The molecule has 1 amide bonds. The van der Waals surface area contributed by atoms with E-state index in [0.29, 0.717) is 23.5 Å². The molecule has 3 aromatic rings.